The van der Waals surface area contributed by atoms with Gasteiger partial charge in [0.05, 0.1) is 39.6 Å². The molecule has 0 bridgehead atoms. The maximum absolute atomic E-state index is 12.1. The first-order valence-corrected chi connectivity index (χ1v) is 15.9. The Hall–Kier alpha value is -2.07. The Kier molecular flexibility index (Phi) is 26.0. The van der Waals surface area contributed by atoms with Crippen molar-refractivity contribution >= 4 is 23.1 Å². The molecule has 0 spiro atoms. The van der Waals surface area contributed by atoms with E-state index in [9.17, 15) is 19.2 Å². The van der Waals surface area contributed by atoms with E-state index in [4.69, 9.17) is 35.0 Å². The number of Topliss-reactive ketones (excluding diaryl/α,β-unsaturated/α-hetero) is 4. The number of carbonyl (C=O) groups is 4. The predicted molar refractivity (Wildman–Crippen MR) is 167 cm³/mol. The molecule has 0 aromatic heterocycles. The highest BCUT2D eigenvalue weighted by molar-refractivity contribution is 5.81. The molecule has 0 aliphatic carbocycles. The number of hydrogen-bond donors (Lipinski definition) is 0. The van der Waals surface area contributed by atoms with E-state index < -0.39 is 5.54 Å². The first-order valence-electron chi connectivity index (χ1n) is 15.9. The van der Waals surface area contributed by atoms with Crippen molar-refractivity contribution in [2.24, 2.45) is 11.8 Å². The molecule has 0 fully saturated rings. The molecule has 0 rings (SSSR count). The topological polar surface area (TPSA) is 128 Å². The highest BCUT2D eigenvalue weighted by atomic mass is 16.5. The average molecular weight is 628 g/mol. The van der Waals surface area contributed by atoms with Crippen LogP contribution in [0.15, 0.2) is 0 Å². The number of nitrogens with zero attached hydrogens (tertiary/aromatic N) is 1. The number of ether oxygens (including phenoxy) is 6. The Morgan fingerprint density at radius 1 is 0.568 bits per heavy atom. The summed E-state index contributed by atoms with van der Waals surface area (Å²) >= 11 is 0. The predicted octanol–water partition coefficient (Wildman–Crippen LogP) is 4.47. The molecule has 0 amide bonds. The first-order chi connectivity index (χ1) is 21.0. The third-order valence-electron chi connectivity index (χ3n) is 7.17. The van der Waals surface area contributed by atoms with Crippen molar-refractivity contribution in [1.82, 2.24) is 0 Å². The van der Waals surface area contributed by atoms with Crippen molar-refractivity contribution in [2.45, 2.75) is 91.5 Å². The third kappa shape index (κ3) is 24.3. The zero-order valence-corrected chi connectivity index (χ0v) is 27.8. The fourth-order valence-corrected chi connectivity index (χ4v) is 3.62. The van der Waals surface area contributed by atoms with Gasteiger partial charge >= 0.3 is 0 Å². The number of ketones is 4. The van der Waals surface area contributed by atoms with Crippen LogP contribution in [0.2, 0.25) is 0 Å². The summed E-state index contributed by atoms with van der Waals surface area (Å²) < 4.78 is 32.2. The Labute approximate surface area is 264 Å². The smallest absolute Gasteiger partial charge is 0.232 e. The minimum Gasteiger partial charge on any atom is -0.379 e. The van der Waals surface area contributed by atoms with Gasteiger partial charge in [-0.25, -0.2) is 6.57 Å². The Balaban J connectivity index is 3.46. The minimum atomic E-state index is -0.487. The molecule has 0 saturated heterocycles. The standard InChI is InChI=1S/C33H57NO10/c1-27(2)32(38)26-44-23-20-41-17-9-12-31(37)25-43-22-19-40-16-8-11-30(36)24-42-21-18-39-15-7-10-29(35)13-14-33(5,34-6)28(3)4/h27-28H,7-26H2,1-5H3. The van der Waals surface area contributed by atoms with Gasteiger partial charge in [0.15, 0.2) is 17.3 Å². The molecule has 0 heterocycles. The lowest BCUT2D eigenvalue weighted by Crippen LogP contribution is -2.28. The van der Waals surface area contributed by atoms with Crippen LogP contribution in [-0.4, -0.2) is 108 Å². The van der Waals surface area contributed by atoms with E-state index in [1.165, 1.54) is 0 Å². The average Bonchev–Trinajstić information content (AvgIpc) is 2.99. The molecule has 0 N–H and O–H groups in total. The highest BCUT2D eigenvalue weighted by Gasteiger charge is 2.34. The van der Waals surface area contributed by atoms with Crippen LogP contribution in [0.3, 0.4) is 0 Å². The lowest BCUT2D eigenvalue weighted by molar-refractivity contribution is -0.127. The van der Waals surface area contributed by atoms with E-state index in [1.54, 1.807) is 0 Å². The quantitative estimate of drug-likeness (QED) is 0.0778. The van der Waals surface area contributed by atoms with Crippen LogP contribution in [0.4, 0.5) is 0 Å². The van der Waals surface area contributed by atoms with Gasteiger partial charge in [0.25, 0.3) is 0 Å². The van der Waals surface area contributed by atoms with Gasteiger partial charge < -0.3 is 33.3 Å². The van der Waals surface area contributed by atoms with Crippen LogP contribution in [0, 0.1) is 18.4 Å². The molecular formula is C33H57NO10. The number of rotatable bonds is 32. The molecule has 0 saturated carbocycles. The van der Waals surface area contributed by atoms with Gasteiger partial charge in [-0.05, 0) is 19.3 Å². The first kappa shape index (κ1) is 41.9. The third-order valence-corrected chi connectivity index (χ3v) is 7.17. The van der Waals surface area contributed by atoms with Crippen LogP contribution in [-0.2, 0) is 47.6 Å². The maximum Gasteiger partial charge on any atom is 0.232 e. The van der Waals surface area contributed by atoms with E-state index in [2.05, 4.69) is 4.85 Å². The lowest BCUT2D eigenvalue weighted by Gasteiger charge is -2.20. The summed E-state index contributed by atoms with van der Waals surface area (Å²) in [7, 11) is 0. The molecular weight excluding hydrogens is 570 g/mol. The normalized spacial score (nSPS) is 12.8. The van der Waals surface area contributed by atoms with Crippen LogP contribution in [0.1, 0.15) is 86.0 Å². The van der Waals surface area contributed by atoms with Crippen molar-refractivity contribution in [3.05, 3.63) is 11.4 Å². The molecule has 0 aromatic rings. The monoisotopic (exact) mass is 627 g/mol. The van der Waals surface area contributed by atoms with E-state index >= 15 is 0 Å². The Bertz CT molecular complexity index is 839. The second-order valence-corrected chi connectivity index (χ2v) is 11.7. The molecule has 254 valence electrons. The number of hydrogen-bond acceptors (Lipinski definition) is 10. The molecule has 1 unspecified atom stereocenters. The summed E-state index contributed by atoms with van der Waals surface area (Å²) in [6, 6.07) is 0. The van der Waals surface area contributed by atoms with Gasteiger partial charge in [-0.1, -0.05) is 27.7 Å². The molecule has 0 aliphatic heterocycles. The van der Waals surface area contributed by atoms with Crippen LogP contribution in [0.5, 0.6) is 0 Å². The lowest BCUT2D eigenvalue weighted by atomic mass is 9.84. The van der Waals surface area contributed by atoms with Gasteiger partial charge in [0.2, 0.25) is 5.54 Å². The second-order valence-electron chi connectivity index (χ2n) is 11.7. The van der Waals surface area contributed by atoms with Gasteiger partial charge in [0.1, 0.15) is 25.6 Å². The zero-order valence-electron chi connectivity index (χ0n) is 27.8. The van der Waals surface area contributed by atoms with Crippen LogP contribution < -0.4 is 0 Å². The van der Waals surface area contributed by atoms with Crippen molar-refractivity contribution in [3.63, 3.8) is 0 Å². The van der Waals surface area contributed by atoms with Gasteiger partial charge in [-0.2, -0.15) is 0 Å². The van der Waals surface area contributed by atoms with Crippen molar-refractivity contribution in [1.29, 1.82) is 0 Å². The summed E-state index contributed by atoms with van der Waals surface area (Å²) in [6.45, 7) is 20.5. The molecule has 11 heteroatoms. The zero-order chi connectivity index (χ0) is 33.1. The Morgan fingerprint density at radius 3 is 1.34 bits per heavy atom. The van der Waals surface area contributed by atoms with Crippen LogP contribution >= 0.6 is 0 Å². The number of carbonyl (C=O) groups excluding carboxylic acids is 4. The maximum atomic E-state index is 12.1. The van der Waals surface area contributed by atoms with E-state index in [0.29, 0.717) is 111 Å². The summed E-state index contributed by atoms with van der Waals surface area (Å²) in [5.74, 6) is 0.387. The summed E-state index contributed by atoms with van der Waals surface area (Å²) in [5, 5.41) is 0. The molecule has 0 radical (unpaired) electrons. The Morgan fingerprint density at radius 2 is 0.955 bits per heavy atom. The SMILES string of the molecule is [C-]#[N+]C(C)(CCC(=O)CCCOCCOCC(=O)CCCOCCOCC(=O)CCCOCCOCC(=O)C(C)C)C(C)C. The van der Waals surface area contributed by atoms with Gasteiger partial charge in [-0.3, -0.25) is 19.2 Å². The fourth-order valence-electron chi connectivity index (χ4n) is 3.62. The largest absolute Gasteiger partial charge is 0.379 e. The van der Waals surface area contributed by atoms with Gasteiger partial charge in [-0.15, -0.1) is 0 Å². The molecule has 0 aliphatic rings. The molecule has 44 heavy (non-hydrogen) atoms. The van der Waals surface area contributed by atoms with Crippen molar-refractivity contribution in [3.8, 4) is 0 Å². The van der Waals surface area contributed by atoms with E-state index in [1.807, 2.05) is 34.6 Å². The minimum absolute atomic E-state index is 0.00287. The second kappa shape index (κ2) is 27.3. The van der Waals surface area contributed by atoms with Crippen molar-refractivity contribution < 1.29 is 47.6 Å². The van der Waals surface area contributed by atoms with E-state index in [0.717, 1.165) is 0 Å². The highest BCUT2D eigenvalue weighted by Crippen LogP contribution is 2.27. The summed E-state index contributed by atoms with van der Waals surface area (Å²) in [6.07, 6.45) is 3.98. The molecule has 0 aromatic carbocycles. The van der Waals surface area contributed by atoms with Gasteiger partial charge in [0, 0.05) is 70.7 Å². The van der Waals surface area contributed by atoms with Crippen LogP contribution in [0.25, 0.3) is 4.85 Å². The van der Waals surface area contributed by atoms with E-state index in [-0.39, 0.29) is 54.8 Å². The fraction of sp³-hybridized carbons (Fsp3) is 0.848. The molecule has 11 nitrogen and oxygen atoms in total. The van der Waals surface area contributed by atoms with Crippen molar-refractivity contribution in [2.75, 3.05) is 79.3 Å². The molecule has 1 atom stereocenters. The summed E-state index contributed by atoms with van der Waals surface area (Å²) in [4.78, 5) is 50.9. The summed E-state index contributed by atoms with van der Waals surface area (Å²) in [5.41, 5.74) is -0.487.